The Kier molecular flexibility index (Phi) is 4.75. The van der Waals surface area contributed by atoms with Gasteiger partial charge in [0.2, 0.25) is 10.0 Å². The molecule has 0 radical (unpaired) electrons. The highest BCUT2D eigenvalue weighted by Crippen LogP contribution is 2.38. The first-order chi connectivity index (χ1) is 11.0. The zero-order valence-corrected chi connectivity index (χ0v) is 15.2. The molecule has 0 amide bonds. The van der Waals surface area contributed by atoms with Gasteiger partial charge < -0.3 is 4.74 Å². The zero-order valence-electron chi connectivity index (χ0n) is 12.8. The lowest BCUT2D eigenvalue weighted by atomic mass is 10.1. The van der Waals surface area contributed by atoms with Crippen LogP contribution in [0.3, 0.4) is 0 Å². The molecule has 1 atom stereocenters. The summed E-state index contributed by atoms with van der Waals surface area (Å²) >= 11 is 3.35. The van der Waals surface area contributed by atoms with Crippen LogP contribution in [-0.2, 0) is 10.0 Å². The maximum absolute atomic E-state index is 13.0. The van der Waals surface area contributed by atoms with E-state index in [0.29, 0.717) is 15.9 Å². The Morgan fingerprint density at radius 1 is 1.13 bits per heavy atom. The minimum atomic E-state index is -3.53. The van der Waals surface area contributed by atoms with Crippen LogP contribution in [-0.4, -0.2) is 26.4 Å². The molecule has 1 fully saturated rings. The molecule has 0 unspecified atom stereocenters. The minimum Gasteiger partial charge on any atom is -0.497 e. The summed E-state index contributed by atoms with van der Waals surface area (Å²) in [6.45, 7) is 0.542. The maximum Gasteiger partial charge on any atom is 0.244 e. The summed E-state index contributed by atoms with van der Waals surface area (Å²) in [5.41, 5.74) is 0.999. The van der Waals surface area contributed by atoms with Gasteiger partial charge >= 0.3 is 0 Å². The molecule has 23 heavy (non-hydrogen) atoms. The fourth-order valence-electron chi connectivity index (χ4n) is 2.97. The van der Waals surface area contributed by atoms with Crippen molar-refractivity contribution in [3.63, 3.8) is 0 Å². The molecule has 4 nitrogen and oxygen atoms in total. The third-order valence-electron chi connectivity index (χ3n) is 4.13. The highest BCUT2D eigenvalue weighted by atomic mass is 79.9. The minimum absolute atomic E-state index is 0.127. The van der Waals surface area contributed by atoms with Crippen molar-refractivity contribution in [3.8, 4) is 5.75 Å². The summed E-state index contributed by atoms with van der Waals surface area (Å²) in [5.74, 6) is 0.770. The smallest absolute Gasteiger partial charge is 0.244 e. The Bertz CT molecular complexity index is 790. The lowest BCUT2D eigenvalue weighted by molar-refractivity contribution is 0.394. The number of halogens is 1. The molecule has 1 aliphatic rings. The average Bonchev–Trinajstić information content (AvgIpc) is 3.05. The predicted molar refractivity (Wildman–Crippen MR) is 93.0 cm³/mol. The molecule has 0 aromatic heterocycles. The lowest BCUT2D eigenvalue weighted by Crippen LogP contribution is -2.30. The number of nitrogens with zero attached hydrogens (tertiary/aromatic N) is 1. The van der Waals surface area contributed by atoms with Gasteiger partial charge in [-0.25, -0.2) is 8.42 Å². The molecule has 0 aliphatic carbocycles. The van der Waals surface area contributed by atoms with Crippen LogP contribution in [0.2, 0.25) is 0 Å². The van der Waals surface area contributed by atoms with Crippen molar-refractivity contribution in [2.24, 2.45) is 0 Å². The van der Waals surface area contributed by atoms with E-state index in [2.05, 4.69) is 15.9 Å². The van der Waals surface area contributed by atoms with Gasteiger partial charge in [0.1, 0.15) is 5.75 Å². The first-order valence-electron chi connectivity index (χ1n) is 7.44. The highest BCUT2D eigenvalue weighted by molar-refractivity contribution is 9.10. The first kappa shape index (κ1) is 16.5. The van der Waals surface area contributed by atoms with Gasteiger partial charge in [0, 0.05) is 11.0 Å². The molecule has 0 saturated carbocycles. The molecule has 0 bridgehead atoms. The number of benzene rings is 2. The Balaban J connectivity index is 1.96. The van der Waals surface area contributed by atoms with Gasteiger partial charge in [-0.15, -0.1) is 0 Å². The normalized spacial score (nSPS) is 19.0. The van der Waals surface area contributed by atoms with Gasteiger partial charge in [0.25, 0.3) is 0 Å². The topological polar surface area (TPSA) is 46.6 Å². The highest BCUT2D eigenvalue weighted by Gasteiger charge is 2.36. The quantitative estimate of drug-likeness (QED) is 0.786. The number of hydrogen-bond donors (Lipinski definition) is 0. The van der Waals surface area contributed by atoms with E-state index in [1.165, 1.54) is 0 Å². The maximum atomic E-state index is 13.0. The van der Waals surface area contributed by atoms with E-state index in [9.17, 15) is 8.42 Å². The van der Waals surface area contributed by atoms with Crippen molar-refractivity contribution in [1.82, 2.24) is 4.31 Å². The molecular weight excluding hydrogens is 378 g/mol. The van der Waals surface area contributed by atoms with E-state index in [1.807, 2.05) is 30.3 Å². The van der Waals surface area contributed by atoms with Crippen LogP contribution in [0.4, 0.5) is 0 Å². The molecule has 122 valence electrons. The van der Waals surface area contributed by atoms with Gasteiger partial charge in [0.15, 0.2) is 0 Å². The van der Waals surface area contributed by atoms with Crippen molar-refractivity contribution in [3.05, 3.63) is 58.6 Å². The predicted octanol–water partition coefficient (Wildman–Crippen LogP) is 3.98. The molecule has 1 aliphatic heterocycles. The van der Waals surface area contributed by atoms with Crippen LogP contribution in [0.25, 0.3) is 0 Å². The Labute approximate surface area is 145 Å². The zero-order chi connectivity index (χ0) is 16.4. The second-order valence-corrected chi connectivity index (χ2v) is 8.19. The molecule has 6 heteroatoms. The first-order valence-corrected chi connectivity index (χ1v) is 9.67. The van der Waals surface area contributed by atoms with E-state index in [-0.39, 0.29) is 6.04 Å². The monoisotopic (exact) mass is 395 g/mol. The van der Waals surface area contributed by atoms with Crippen LogP contribution in [0.15, 0.2) is 57.9 Å². The van der Waals surface area contributed by atoms with E-state index in [4.69, 9.17) is 4.74 Å². The largest absolute Gasteiger partial charge is 0.497 e. The van der Waals surface area contributed by atoms with Crippen molar-refractivity contribution >= 4 is 26.0 Å². The summed E-state index contributed by atoms with van der Waals surface area (Å²) in [6, 6.07) is 14.5. The van der Waals surface area contributed by atoms with Gasteiger partial charge in [-0.1, -0.05) is 24.3 Å². The molecule has 0 N–H and O–H groups in total. The third kappa shape index (κ3) is 3.16. The summed E-state index contributed by atoms with van der Waals surface area (Å²) in [7, 11) is -1.91. The molecule has 3 rings (SSSR count). The number of ether oxygens (including phenoxy) is 1. The standard InChI is InChI=1S/C17H18BrNO3S/c1-22-14-10-8-13(9-11-14)16-6-4-12-19(16)23(20,21)17-7-3-2-5-15(17)18/h2-3,5,7-11,16H,4,6,12H2,1H3/t16-/m1/s1. The summed E-state index contributed by atoms with van der Waals surface area (Å²) in [5, 5.41) is 0. The van der Waals surface area contributed by atoms with Crippen LogP contribution in [0.1, 0.15) is 24.4 Å². The second kappa shape index (κ2) is 6.63. The average molecular weight is 396 g/mol. The van der Waals surface area contributed by atoms with Gasteiger partial charge in [-0.05, 0) is 58.6 Å². The van der Waals surface area contributed by atoms with Gasteiger partial charge in [-0.2, -0.15) is 4.31 Å². The summed E-state index contributed by atoms with van der Waals surface area (Å²) < 4.78 is 33.4. The number of methoxy groups -OCH3 is 1. The van der Waals surface area contributed by atoms with Crippen LogP contribution in [0.5, 0.6) is 5.75 Å². The van der Waals surface area contributed by atoms with Crippen LogP contribution < -0.4 is 4.74 Å². The lowest BCUT2D eigenvalue weighted by Gasteiger charge is -2.25. The molecule has 2 aromatic rings. The molecule has 0 spiro atoms. The Morgan fingerprint density at radius 3 is 2.48 bits per heavy atom. The van der Waals surface area contributed by atoms with E-state index in [0.717, 1.165) is 24.2 Å². The Hall–Kier alpha value is -1.37. The van der Waals surface area contributed by atoms with Crippen LogP contribution >= 0.6 is 15.9 Å². The second-order valence-electron chi connectivity index (χ2n) is 5.48. The molecule has 1 heterocycles. The van der Waals surface area contributed by atoms with Crippen molar-refractivity contribution in [2.75, 3.05) is 13.7 Å². The molecule has 2 aromatic carbocycles. The van der Waals surface area contributed by atoms with E-state index in [1.54, 1.807) is 29.6 Å². The number of hydrogen-bond acceptors (Lipinski definition) is 3. The van der Waals surface area contributed by atoms with E-state index >= 15 is 0 Å². The Morgan fingerprint density at radius 2 is 1.83 bits per heavy atom. The summed E-state index contributed by atoms with van der Waals surface area (Å²) in [4.78, 5) is 0.320. The fraction of sp³-hybridized carbons (Fsp3) is 0.294. The van der Waals surface area contributed by atoms with Gasteiger partial charge in [-0.3, -0.25) is 0 Å². The van der Waals surface area contributed by atoms with Crippen LogP contribution in [0, 0.1) is 0 Å². The number of rotatable bonds is 4. The van der Waals surface area contributed by atoms with E-state index < -0.39 is 10.0 Å². The third-order valence-corrected chi connectivity index (χ3v) is 7.05. The van der Waals surface area contributed by atoms with Crippen molar-refractivity contribution < 1.29 is 13.2 Å². The molecular formula is C17H18BrNO3S. The SMILES string of the molecule is COc1ccc([C@H]2CCCN2S(=O)(=O)c2ccccc2Br)cc1. The van der Waals surface area contributed by atoms with Gasteiger partial charge in [0.05, 0.1) is 18.0 Å². The number of sulfonamides is 1. The van der Waals surface area contributed by atoms with Crippen molar-refractivity contribution in [1.29, 1.82) is 0 Å². The summed E-state index contributed by atoms with van der Waals surface area (Å²) in [6.07, 6.45) is 1.69. The van der Waals surface area contributed by atoms with Crippen molar-refractivity contribution in [2.45, 2.75) is 23.8 Å². The molecule has 1 saturated heterocycles. The fourth-order valence-corrected chi connectivity index (χ4v) is 5.61.